The summed E-state index contributed by atoms with van der Waals surface area (Å²) in [5.74, 6) is 0. The Morgan fingerprint density at radius 2 is 1.95 bits per heavy atom. The van der Waals surface area contributed by atoms with E-state index in [1.807, 2.05) is 19.4 Å². The highest BCUT2D eigenvalue weighted by atomic mass is 79.9. The molecule has 1 N–H and O–H groups in total. The van der Waals surface area contributed by atoms with E-state index in [0.29, 0.717) is 0 Å². The third-order valence-corrected chi connectivity index (χ3v) is 3.75. The molecule has 20 heavy (non-hydrogen) atoms. The first-order chi connectivity index (χ1) is 9.74. The van der Waals surface area contributed by atoms with Crippen molar-refractivity contribution in [3.8, 4) is 0 Å². The van der Waals surface area contributed by atoms with Crippen LogP contribution >= 0.6 is 15.9 Å². The topological polar surface area (TPSA) is 28.2 Å². The summed E-state index contributed by atoms with van der Waals surface area (Å²) in [6.07, 6.45) is 3.69. The van der Waals surface area contributed by atoms with Crippen molar-refractivity contribution < 1.29 is 0 Å². The SMILES string of the molecule is CCN(Cc1ccncc1)c1cc(Br)ccc1CNC. The quantitative estimate of drug-likeness (QED) is 0.875. The number of benzene rings is 1. The van der Waals surface area contributed by atoms with Gasteiger partial charge >= 0.3 is 0 Å². The second-order valence-electron chi connectivity index (χ2n) is 4.67. The first kappa shape index (κ1) is 15.0. The lowest BCUT2D eigenvalue weighted by Gasteiger charge is -2.26. The molecule has 1 aromatic heterocycles. The molecule has 0 bridgehead atoms. The molecule has 0 fully saturated rings. The minimum Gasteiger partial charge on any atom is -0.367 e. The predicted molar refractivity (Wildman–Crippen MR) is 87.9 cm³/mol. The van der Waals surface area contributed by atoms with Crippen molar-refractivity contribution in [2.24, 2.45) is 0 Å². The van der Waals surface area contributed by atoms with Crippen LogP contribution in [0.15, 0.2) is 47.2 Å². The highest BCUT2D eigenvalue weighted by Gasteiger charge is 2.10. The molecule has 0 saturated carbocycles. The van der Waals surface area contributed by atoms with Gasteiger partial charge in [-0.05, 0) is 49.4 Å². The summed E-state index contributed by atoms with van der Waals surface area (Å²) < 4.78 is 1.11. The molecule has 0 spiro atoms. The molecule has 0 unspecified atom stereocenters. The van der Waals surface area contributed by atoms with Gasteiger partial charge in [-0.3, -0.25) is 4.98 Å². The first-order valence-electron chi connectivity index (χ1n) is 6.81. The van der Waals surface area contributed by atoms with Crippen molar-refractivity contribution in [2.75, 3.05) is 18.5 Å². The van der Waals surface area contributed by atoms with Gasteiger partial charge in [-0.25, -0.2) is 0 Å². The lowest BCUT2D eigenvalue weighted by atomic mass is 10.1. The molecule has 2 rings (SSSR count). The Kier molecular flexibility index (Phi) is 5.56. The molecule has 1 aromatic carbocycles. The van der Waals surface area contributed by atoms with E-state index in [-0.39, 0.29) is 0 Å². The molecule has 0 radical (unpaired) electrons. The predicted octanol–water partition coefficient (Wildman–Crippen LogP) is 3.59. The van der Waals surface area contributed by atoms with Crippen molar-refractivity contribution >= 4 is 21.6 Å². The summed E-state index contributed by atoms with van der Waals surface area (Å²) >= 11 is 3.57. The monoisotopic (exact) mass is 333 g/mol. The maximum absolute atomic E-state index is 4.08. The van der Waals surface area contributed by atoms with Crippen LogP contribution in [0.4, 0.5) is 5.69 Å². The minimum atomic E-state index is 0.870. The van der Waals surface area contributed by atoms with Gasteiger partial charge in [-0.2, -0.15) is 0 Å². The van der Waals surface area contributed by atoms with E-state index in [2.05, 4.69) is 68.4 Å². The zero-order valence-electron chi connectivity index (χ0n) is 11.9. The Morgan fingerprint density at radius 1 is 1.20 bits per heavy atom. The molecular formula is C16H20BrN3. The Bertz CT molecular complexity index is 543. The molecule has 0 aliphatic heterocycles. The van der Waals surface area contributed by atoms with Gasteiger partial charge in [0.25, 0.3) is 0 Å². The number of aromatic nitrogens is 1. The van der Waals surface area contributed by atoms with Gasteiger partial charge in [-0.15, -0.1) is 0 Å². The van der Waals surface area contributed by atoms with Crippen LogP contribution in [0.2, 0.25) is 0 Å². The van der Waals surface area contributed by atoms with E-state index >= 15 is 0 Å². The van der Waals surface area contributed by atoms with Crippen LogP contribution in [0, 0.1) is 0 Å². The number of hydrogen-bond acceptors (Lipinski definition) is 3. The van der Waals surface area contributed by atoms with Gasteiger partial charge in [0.15, 0.2) is 0 Å². The zero-order valence-corrected chi connectivity index (χ0v) is 13.5. The summed E-state index contributed by atoms with van der Waals surface area (Å²) in [5.41, 5.74) is 3.86. The van der Waals surface area contributed by atoms with E-state index in [4.69, 9.17) is 0 Å². The van der Waals surface area contributed by atoms with Gasteiger partial charge in [0.05, 0.1) is 0 Å². The Hall–Kier alpha value is -1.39. The zero-order chi connectivity index (χ0) is 14.4. The normalized spacial score (nSPS) is 10.6. The summed E-state index contributed by atoms with van der Waals surface area (Å²) in [6, 6.07) is 10.6. The summed E-state index contributed by atoms with van der Waals surface area (Å²) in [7, 11) is 1.98. The van der Waals surface area contributed by atoms with Crippen molar-refractivity contribution in [1.82, 2.24) is 10.3 Å². The van der Waals surface area contributed by atoms with Gasteiger partial charge in [0, 0.05) is 42.2 Å². The lowest BCUT2D eigenvalue weighted by molar-refractivity contribution is 0.784. The van der Waals surface area contributed by atoms with Crippen LogP contribution in [0.1, 0.15) is 18.1 Å². The van der Waals surface area contributed by atoms with E-state index in [9.17, 15) is 0 Å². The summed E-state index contributed by atoms with van der Waals surface area (Å²) in [5, 5.41) is 3.23. The average molecular weight is 334 g/mol. The minimum absolute atomic E-state index is 0.870. The maximum Gasteiger partial charge on any atom is 0.0430 e. The van der Waals surface area contributed by atoms with Crippen molar-refractivity contribution in [3.63, 3.8) is 0 Å². The molecule has 0 atom stereocenters. The van der Waals surface area contributed by atoms with E-state index in [0.717, 1.165) is 24.1 Å². The highest BCUT2D eigenvalue weighted by Crippen LogP contribution is 2.26. The fraction of sp³-hybridized carbons (Fsp3) is 0.312. The van der Waals surface area contributed by atoms with Crippen molar-refractivity contribution in [2.45, 2.75) is 20.0 Å². The summed E-state index contributed by atoms with van der Waals surface area (Å²) in [4.78, 5) is 6.46. The van der Waals surface area contributed by atoms with Crippen LogP contribution in [-0.4, -0.2) is 18.6 Å². The van der Waals surface area contributed by atoms with Crippen LogP contribution in [0.5, 0.6) is 0 Å². The first-order valence-corrected chi connectivity index (χ1v) is 7.60. The fourth-order valence-corrected chi connectivity index (χ4v) is 2.60. The second-order valence-corrected chi connectivity index (χ2v) is 5.59. The Labute approximate surface area is 129 Å². The molecule has 0 aliphatic carbocycles. The van der Waals surface area contributed by atoms with E-state index in [1.165, 1.54) is 16.8 Å². The van der Waals surface area contributed by atoms with E-state index in [1.54, 1.807) is 0 Å². The number of pyridine rings is 1. The van der Waals surface area contributed by atoms with Crippen LogP contribution in [0.25, 0.3) is 0 Å². The number of nitrogens with zero attached hydrogens (tertiary/aromatic N) is 2. The van der Waals surface area contributed by atoms with Gasteiger partial charge in [0.1, 0.15) is 0 Å². The number of halogens is 1. The van der Waals surface area contributed by atoms with Crippen LogP contribution < -0.4 is 10.2 Å². The molecule has 4 heteroatoms. The lowest BCUT2D eigenvalue weighted by Crippen LogP contribution is -2.24. The van der Waals surface area contributed by atoms with Gasteiger partial charge < -0.3 is 10.2 Å². The smallest absolute Gasteiger partial charge is 0.0430 e. The molecule has 0 aliphatic rings. The third kappa shape index (κ3) is 3.81. The van der Waals surface area contributed by atoms with Crippen molar-refractivity contribution in [3.05, 3.63) is 58.3 Å². The Balaban J connectivity index is 2.28. The molecule has 1 heterocycles. The largest absolute Gasteiger partial charge is 0.367 e. The Morgan fingerprint density at radius 3 is 2.60 bits per heavy atom. The number of hydrogen-bond donors (Lipinski definition) is 1. The number of anilines is 1. The van der Waals surface area contributed by atoms with Crippen molar-refractivity contribution in [1.29, 1.82) is 0 Å². The molecule has 0 amide bonds. The summed E-state index contributed by atoms with van der Waals surface area (Å²) in [6.45, 7) is 4.92. The van der Waals surface area contributed by atoms with E-state index < -0.39 is 0 Å². The van der Waals surface area contributed by atoms with Crippen LogP contribution in [-0.2, 0) is 13.1 Å². The fourth-order valence-electron chi connectivity index (χ4n) is 2.25. The van der Waals surface area contributed by atoms with Crippen LogP contribution in [0.3, 0.4) is 0 Å². The molecule has 0 saturated heterocycles. The standard InChI is InChI=1S/C16H20BrN3/c1-3-20(12-13-6-8-19-9-7-13)16-10-15(17)5-4-14(16)11-18-2/h4-10,18H,3,11-12H2,1-2H3. The number of nitrogens with one attached hydrogen (secondary N) is 1. The third-order valence-electron chi connectivity index (χ3n) is 3.26. The second kappa shape index (κ2) is 7.41. The maximum atomic E-state index is 4.08. The molecular weight excluding hydrogens is 314 g/mol. The highest BCUT2D eigenvalue weighted by molar-refractivity contribution is 9.10. The molecule has 2 aromatic rings. The molecule has 3 nitrogen and oxygen atoms in total. The van der Waals surface area contributed by atoms with Gasteiger partial charge in [0.2, 0.25) is 0 Å². The average Bonchev–Trinajstić information content (AvgIpc) is 2.48. The number of rotatable bonds is 6. The van der Waals surface area contributed by atoms with Gasteiger partial charge in [-0.1, -0.05) is 22.0 Å². The molecule has 106 valence electrons.